The minimum absolute atomic E-state index is 0.00255. The highest BCUT2D eigenvalue weighted by Gasteiger charge is 2.30. The summed E-state index contributed by atoms with van der Waals surface area (Å²) in [5, 5.41) is 7.34. The maximum absolute atomic E-state index is 12.0. The number of amidine groups is 1. The number of carbonyl (C=O) groups excluding carboxylic acids is 1. The third kappa shape index (κ3) is 4.63. The van der Waals surface area contributed by atoms with E-state index < -0.39 is 5.60 Å². The number of nitrogens with zero attached hydrogens (tertiary/aromatic N) is 1. The average molecular weight is 241 g/mol. The van der Waals surface area contributed by atoms with E-state index in [1.165, 1.54) is 0 Å². The van der Waals surface area contributed by atoms with E-state index in [1.54, 1.807) is 4.90 Å². The zero-order valence-corrected chi connectivity index (χ0v) is 11.0. The molecular weight excluding hydrogens is 218 g/mol. The molecule has 98 valence electrons. The molecule has 1 aliphatic carbocycles. The SMILES string of the molecule is CC(C)(C)OC(=O)N(CC(=N)N)C1CCCC1. The molecule has 0 spiro atoms. The van der Waals surface area contributed by atoms with Crippen molar-refractivity contribution in [2.45, 2.75) is 58.1 Å². The predicted octanol–water partition coefficient (Wildman–Crippen LogP) is 2.10. The Hall–Kier alpha value is -1.26. The second kappa shape index (κ2) is 5.38. The van der Waals surface area contributed by atoms with Gasteiger partial charge in [-0.1, -0.05) is 12.8 Å². The molecule has 0 aliphatic heterocycles. The van der Waals surface area contributed by atoms with Crippen molar-refractivity contribution in [3.63, 3.8) is 0 Å². The van der Waals surface area contributed by atoms with Gasteiger partial charge in [0, 0.05) is 6.04 Å². The van der Waals surface area contributed by atoms with Crippen molar-refractivity contribution in [2.75, 3.05) is 6.54 Å². The topological polar surface area (TPSA) is 79.4 Å². The molecule has 1 rings (SSSR count). The summed E-state index contributed by atoms with van der Waals surface area (Å²) in [5.74, 6) is 0.00255. The highest BCUT2D eigenvalue weighted by molar-refractivity contribution is 5.83. The smallest absolute Gasteiger partial charge is 0.410 e. The van der Waals surface area contributed by atoms with Crippen molar-refractivity contribution in [1.82, 2.24) is 4.90 Å². The molecule has 0 bridgehead atoms. The monoisotopic (exact) mass is 241 g/mol. The summed E-state index contributed by atoms with van der Waals surface area (Å²) in [7, 11) is 0. The number of hydrogen-bond donors (Lipinski definition) is 2. The molecule has 1 saturated carbocycles. The van der Waals surface area contributed by atoms with Crippen LogP contribution >= 0.6 is 0 Å². The van der Waals surface area contributed by atoms with E-state index in [2.05, 4.69) is 0 Å². The van der Waals surface area contributed by atoms with Gasteiger partial charge in [-0.15, -0.1) is 0 Å². The van der Waals surface area contributed by atoms with Crippen LogP contribution in [0.3, 0.4) is 0 Å². The molecule has 0 heterocycles. The molecule has 0 aromatic rings. The minimum atomic E-state index is -0.509. The first-order valence-electron chi connectivity index (χ1n) is 6.12. The number of amides is 1. The Morgan fingerprint density at radius 1 is 1.41 bits per heavy atom. The number of ether oxygens (including phenoxy) is 1. The summed E-state index contributed by atoms with van der Waals surface area (Å²) in [5.41, 5.74) is 4.89. The first-order chi connectivity index (χ1) is 7.79. The lowest BCUT2D eigenvalue weighted by molar-refractivity contribution is 0.0201. The van der Waals surface area contributed by atoms with Crippen LogP contribution in [0.4, 0.5) is 4.79 Å². The van der Waals surface area contributed by atoms with Crippen LogP contribution in [0.15, 0.2) is 0 Å². The van der Waals surface area contributed by atoms with Crippen LogP contribution in [0, 0.1) is 5.41 Å². The molecule has 1 amide bonds. The second-order valence-electron chi connectivity index (χ2n) is 5.57. The summed E-state index contributed by atoms with van der Waals surface area (Å²) in [6.07, 6.45) is 3.85. The van der Waals surface area contributed by atoms with Gasteiger partial charge >= 0.3 is 6.09 Å². The largest absolute Gasteiger partial charge is 0.444 e. The van der Waals surface area contributed by atoms with E-state index in [4.69, 9.17) is 15.9 Å². The minimum Gasteiger partial charge on any atom is -0.444 e. The Morgan fingerprint density at radius 3 is 2.35 bits per heavy atom. The third-order valence-corrected chi connectivity index (χ3v) is 2.73. The lowest BCUT2D eigenvalue weighted by Gasteiger charge is -2.31. The van der Waals surface area contributed by atoms with E-state index in [1.807, 2.05) is 20.8 Å². The quantitative estimate of drug-likeness (QED) is 0.586. The highest BCUT2D eigenvalue weighted by Crippen LogP contribution is 2.24. The van der Waals surface area contributed by atoms with Crippen molar-refractivity contribution < 1.29 is 9.53 Å². The Kier molecular flexibility index (Phi) is 4.37. The summed E-state index contributed by atoms with van der Waals surface area (Å²) >= 11 is 0. The van der Waals surface area contributed by atoms with Gasteiger partial charge in [0.25, 0.3) is 0 Å². The fourth-order valence-electron chi connectivity index (χ4n) is 2.06. The molecule has 17 heavy (non-hydrogen) atoms. The van der Waals surface area contributed by atoms with Crippen molar-refractivity contribution in [3.8, 4) is 0 Å². The van der Waals surface area contributed by atoms with Gasteiger partial charge in [-0.05, 0) is 33.6 Å². The third-order valence-electron chi connectivity index (χ3n) is 2.73. The van der Waals surface area contributed by atoms with Crippen molar-refractivity contribution in [1.29, 1.82) is 5.41 Å². The van der Waals surface area contributed by atoms with Gasteiger partial charge in [0.2, 0.25) is 0 Å². The fourth-order valence-corrected chi connectivity index (χ4v) is 2.06. The summed E-state index contributed by atoms with van der Waals surface area (Å²) in [6, 6.07) is 0.175. The maximum Gasteiger partial charge on any atom is 0.410 e. The van der Waals surface area contributed by atoms with Gasteiger partial charge in [-0.2, -0.15) is 0 Å². The molecule has 0 atom stereocenters. The zero-order valence-electron chi connectivity index (χ0n) is 11.0. The van der Waals surface area contributed by atoms with Crippen molar-refractivity contribution in [2.24, 2.45) is 5.73 Å². The van der Waals surface area contributed by atoms with E-state index in [-0.39, 0.29) is 24.5 Å². The lowest BCUT2D eigenvalue weighted by Crippen LogP contribution is -2.46. The Balaban J connectivity index is 2.67. The van der Waals surface area contributed by atoms with Crippen LogP contribution in [-0.2, 0) is 4.74 Å². The number of nitrogens with one attached hydrogen (secondary N) is 1. The van der Waals surface area contributed by atoms with Crippen LogP contribution in [0.5, 0.6) is 0 Å². The van der Waals surface area contributed by atoms with E-state index in [0.717, 1.165) is 25.7 Å². The van der Waals surface area contributed by atoms with Gasteiger partial charge in [0.1, 0.15) is 11.4 Å². The molecule has 1 aliphatic rings. The van der Waals surface area contributed by atoms with Crippen LogP contribution in [0.2, 0.25) is 0 Å². The normalized spacial score (nSPS) is 16.9. The van der Waals surface area contributed by atoms with Gasteiger partial charge in [-0.25, -0.2) is 4.79 Å². The van der Waals surface area contributed by atoms with Crippen LogP contribution in [0.1, 0.15) is 46.5 Å². The highest BCUT2D eigenvalue weighted by atomic mass is 16.6. The van der Waals surface area contributed by atoms with Gasteiger partial charge in [-0.3, -0.25) is 10.3 Å². The number of rotatable bonds is 3. The average Bonchev–Trinajstić information content (AvgIpc) is 2.63. The molecule has 0 saturated heterocycles. The first kappa shape index (κ1) is 13.8. The summed E-state index contributed by atoms with van der Waals surface area (Å²) in [6.45, 7) is 5.68. The van der Waals surface area contributed by atoms with Crippen molar-refractivity contribution >= 4 is 11.9 Å². The summed E-state index contributed by atoms with van der Waals surface area (Å²) < 4.78 is 5.35. The second-order valence-corrected chi connectivity index (χ2v) is 5.57. The zero-order chi connectivity index (χ0) is 13.1. The Bertz CT molecular complexity index is 291. The van der Waals surface area contributed by atoms with E-state index >= 15 is 0 Å². The first-order valence-corrected chi connectivity index (χ1v) is 6.12. The Morgan fingerprint density at radius 2 is 1.94 bits per heavy atom. The molecular formula is C12H23N3O2. The molecule has 0 radical (unpaired) electrons. The van der Waals surface area contributed by atoms with Gasteiger partial charge in [0.05, 0.1) is 6.54 Å². The van der Waals surface area contributed by atoms with Crippen LogP contribution in [-0.4, -0.2) is 35.0 Å². The van der Waals surface area contributed by atoms with E-state index in [0.29, 0.717) is 0 Å². The predicted molar refractivity (Wildman–Crippen MR) is 67.1 cm³/mol. The van der Waals surface area contributed by atoms with E-state index in [9.17, 15) is 4.79 Å². The summed E-state index contributed by atoms with van der Waals surface area (Å²) in [4.78, 5) is 13.6. The maximum atomic E-state index is 12.0. The molecule has 5 nitrogen and oxygen atoms in total. The Labute approximate surface area is 103 Å². The molecule has 0 aromatic heterocycles. The molecule has 1 fully saturated rings. The molecule has 5 heteroatoms. The van der Waals surface area contributed by atoms with Crippen LogP contribution in [0.25, 0.3) is 0 Å². The molecule has 0 unspecified atom stereocenters. The number of nitrogens with two attached hydrogens (primary N) is 1. The molecule has 0 aromatic carbocycles. The number of carbonyl (C=O) groups is 1. The standard InChI is InChI=1S/C12H23N3O2/c1-12(2,3)17-11(16)15(8-10(13)14)9-6-4-5-7-9/h9H,4-8H2,1-3H3,(H3,13,14). The van der Waals surface area contributed by atoms with Gasteiger partial charge < -0.3 is 10.5 Å². The van der Waals surface area contributed by atoms with Crippen molar-refractivity contribution in [3.05, 3.63) is 0 Å². The fraction of sp³-hybridized carbons (Fsp3) is 0.833. The molecule has 3 N–H and O–H groups in total. The van der Waals surface area contributed by atoms with Crippen LogP contribution < -0.4 is 5.73 Å². The lowest BCUT2D eigenvalue weighted by atomic mass is 10.2. The van der Waals surface area contributed by atoms with Gasteiger partial charge in [0.15, 0.2) is 0 Å². The number of hydrogen-bond acceptors (Lipinski definition) is 3.